The summed E-state index contributed by atoms with van der Waals surface area (Å²) in [6.07, 6.45) is 3.11. The molecule has 2 rings (SSSR count). The molecule has 0 unspecified atom stereocenters. The third-order valence-electron chi connectivity index (χ3n) is 4.37. The topological polar surface area (TPSA) is 39.1 Å². The SMILES string of the molecule is Cc1nn(C)c(Cl)c1CC1(CNC(C)(C)C)CCOCC1. The highest BCUT2D eigenvalue weighted by molar-refractivity contribution is 6.30. The summed E-state index contributed by atoms with van der Waals surface area (Å²) in [7, 11) is 1.91. The fraction of sp³-hybridized carbons (Fsp3) is 0.812. The van der Waals surface area contributed by atoms with Crippen LogP contribution in [0.1, 0.15) is 44.9 Å². The van der Waals surface area contributed by atoms with Crippen molar-refractivity contribution < 1.29 is 4.74 Å². The molecule has 0 aliphatic carbocycles. The molecule has 0 saturated carbocycles. The number of ether oxygens (including phenoxy) is 1. The van der Waals surface area contributed by atoms with Crippen molar-refractivity contribution in [3.63, 3.8) is 0 Å². The van der Waals surface area contributed by atoms with Gasteiger partial charge in [0, 0.05) is 37.9 Å². The first-order chi connectivity index (χ1) is 9.72. The van der Waals surface area contributed by atoms with Gasteiger partial charge in [-0.1, -0.05) is 11.6 Å². The van der Waals surface area contributed by atoms with E-state index in [4.69, 9.17) is 16.3 Å². The van der Waals surface area contributed by atoms with Gasteiger partial charge in [-0.25, -0.2) is 0 Å². The van der Waals surface area contributed by atoms with E-state index in [2.05, 4.69) is 31.2 Å². The number of hydrogen-bond acceptors (Lipinski definition) is 3. The molecule has 0 aromatic carbocycles. The van der Waals surface area contributed by atoms with Crippen molar-refractivity contribution in [2.75, 3.05) is 19.8 Å². The third kappa shape index (κ3) is 4.21. The Morgan fingerprint density at radius 1 is 1.33 bits per heavy atom. The number of halogens is 1. The fourth-order valence-corrected chi connectivity index (χ4v) is 3.16. The van der Waals surface area contributed by atoms with Gasteiger partial charge in [-0.3, -0.25) is 4.68 Å². The summed E-state index contributed by atoms with van der Waals surface area (Å²) in [5.41, 5.74) is 2.57. The largest absolute Gasteiger partial charge is 0.381 e. The molecule has 0 radical (unpaired) electrons. The van der Waals surface area contributed by atoms with E-state index < -0.39 is 0 Å². The highest BCUT2D eigenvalue weighted by Crippen LogP contribution is 2.37. The third-order valence-corrected chi connectivity index (χ3v) is 4.84. The van der Waals surface area contributed by atoms with Gasteiger partial charge >= 0.3 is 0 Å². The normalized spacial score (nSPS) is 19.0. The lowest BCUT2D eigenvalue weighted by Gasteiger charge is -2.39. The predicted octanol–water partition coefficient (Wildman–Crippen LogP) is 3.11. The van der Waals surface area contributed by atoms with Crippen LogP contribution in [0.15, 0.2) is 0 Å². The van der Waals surface area contributed by atoms with Crippen LogP contribution in [0.2, 0.25) is 5.15 Å². The molecule has 5 heteroatoms. The highest BCUT2D eigenvalue weighted by Gasteiger charge is 2.35. The maximum Gasteiger partial charge on any atom is 0.130 e. The standard InChI is InChI=1S/C16H28ClN3O/c1-12-13(14(17)20(5)19-12)10-16(6-8-21-9-7-16)11-18-15(2,3)4/h18H,6-11H2,1-5H3. The summed E-state index contributed by atoms with van der Waals surface area (Å²) in [5, 5.41) is 8.89. The molecule has 4 nitrogen and oxygen atoms in total. The summed E-state index contributed by atoms with van der Waals surface area (Å²) in [6.45, 7) is 11.3. The van der Waals surface area contributed by atoms with Gasteiger partial charge in [0.25, 0.3) is 0 Å². The van der Waals surface area contributed by atoms with E-state index in [0.717, 1.165) is 49.9 Å². The maximum absolute atomic E-state index is 6.43. The quantitative estimate of drug-likeness (QED) is 0.928. The minimum Gasteiger partial charge on any atom is -0.381 e. The molecule has 0 amide bonds. The van der Waals surface area contributed by atoms with Crippen LogP contribution in [0.3, 0.4) is 0 Å². The predicted molar refractivity (Wildman–Crippen MR) is 86.9 cm³/mol. The average Bonchev–Trinajstić information content (AvgIpc) is 2.64. The lowest BCUT2D eigenvalue weighted by Crippen LogP contribution is -2.47. The van der Waals surface area contributed by atoms with Crippen molar-refractivity contribution in [2.24, 2.45) is 12.5 Å². The molecule has 120 valence electrons. The summed E-state index contributed by atoms with van der Waals surface area (Å²) in [6, 6.07) is 0. The van der Waals surface area contributed by atoms with Crippen LogP contribution in [0.25, 0.3) is 0 Å². The van der Waals surface area contributed by atoms with Crippen LogP contribution in [0.4, 0.5) is 0 Å². The lowest BCUT2D eigenvalue weighted by atomic mass is 9.74. The van der Waals surface area contributed by atoms with E-state index in [0.29, 0.717) is 0 Å². The monoisotopic (exact) mass is 313 g/mol. The molecule has 2 heterocycles. The summed E-state index contributed by atoms with van der Waals surface area (Å²) >= 11 is 6.43. The smallest absolute Gasteiger partial charge is 0.130 e. The van der Waals surface area contributed by atoms with Gasteiger partial charge in [0.2, 0.25) is 0 Å². The van der Waals surface area contributed by atoms with Crippen molar-refractivity contribution in [2.45, 2.75) is 52.5 Å². The summed E-state index contributed by atoms with van der Waals surface area (Å²) in [5.74, 6) is 0. The van der Waals surface area contributed by atoms with E-state index >= 15 is 0 Å². The molecular formula is C16H28ClN3O. The molecule has 21 heavy (non-hydrogen) atoms. The lowest BCUT2D eigenvalue weighted by molar-refractivity contribution is 0.0121. The van der Waals surface area contributed by atoms with Crippen LogP contribution in [0.5, 0.6) is 0 Å². The first-order valence-electron chi connectivity index (χ1n) is 7.73. The van der Waals surface area contributed by atoms with Gasteiger partial charge in [0.15, 0.2) is 0 Å². The Hall–Kier alpha value is -0.580. The number of aromatic nitrogens is 2. The molecule has 1 fully saturated rings. The van der Waals surface area contributed by atoms with Crippen molar-refractivity contribution in [1.29, 1.82) is 0 Å². The van der Waals surface area contributed by atoms with Gasteiger partial charge in [-0.15, -0.1) is 0 Å². The van der Waals surface area contributed by atoms with Crippen molar-refractivity contribution in [3.8, 4) is 0 Å². The minimum absolute atomic E-state index is 0.124. The van der Waals surface area contributed by atoms with Gasteiger partial charge in [-0.2, -0.15) is 5.10 Å². The molecule has 0 bridgehead atoms. The van der Waals surface area contributed by atoms with E-state index in [1.54, 1.807) is 4.68 Å². The van der Waals surface area contributed by atoms with Gasteiger partial charge in [-0.05, 0) is 52.4 Å². The Labute approximate surface area is 133 Å². The van der Waals surface area contributed by atoms with E-state index in [1.165, 1.54) is 5.56 Å². The number of nitrogens with one attached hydrogen (secondary N) is 1. The molecule has 1 aliphatic rings. The Balaban J connectivity index is 2.19. The van der Waals surface area contributed by atoms with Crippen LogP contribution in [0, 0.1) is 12.3 Å². The molecule has 1 aromatic heterocycles. The Morgan fingerprint density at radius 3 is 2.43 bits per heavy atom. The van der Waals surface area contributed by atoms with Crippen molar-refractivity contribution >= 4 is 11.6 Å². The molecule has 1 saturated heterocycles. The maximum atomic E-state index is 6.43. The second-order valence-corrected chi connectivity index (χ2v) is 7.73. The zero-order chi connectivity index (χ0) is 15.7. The van der Waals surface area contributed by atoms with Crippen LogP contribution < -0.4 is 5.32 Å². The van der Waals surface area contributed by atoms with Gasteiger partial charge in [0.1, 0.15) is 5.15 Å². The second-order valence-electron chi connectivity index (χ2n) is 7.37. The number of hydrogen-bond donors (Lipinski definition) is 1. The van der Waals surface area contributed by atoms with Gasteiger partial charge in [0.05, 0.1) is 5.69 Å². The average molecular weight is 314 g/mol. The molecule has 1 aromatic rings. The second kappa shape index (κ2) is 6.27. The first kappa shape index (κ1) is 16.8. The molecular weight excluding hydrogens is 286 g/mol. The summed E-state index contributed by atoms with van der Waals surface area (Å²) < 4.78 is 7.35. The van der Waals surface area contributed by atoms with Crippen molar-refractivity contribution in [3.05, 3.63) is 16.4 Å². The highest BCUT2D eigenvalue weighted by atomic mass is 35.5. The molecule has 1 N–H and O–H groups in total. The Morgan fingerprint density at radius 2 is 1.95 bits per heavy atom. The minimum atomic E-state index is 0.124. The fourth-order valence-electron chi connectivity index (χ4n) is 2.92. The van der Waals surface area contributed by atoms with E-state index in [9.17, 15) is 0 Å². The molecule has 0 atom stereocenters. The number of aryl methyl sites for hydroxylation is 2. The zero-order valence-electron chi connectivity index (χ0n) is 13.9. The van der Waals surface area contributed by atoms with Crippen LogP contribution in [-0.4, -0.2) is 35.1 Å². The zero-order valence-corrected chi connectivity index (χ0v) is 14.7. The van der Waals surface area contributed by atoms with E-state index in [-0.39, 0.29) is 11.0 Å². The van der Waals surface area contributed by atoms with Crippen LogP contribution in [-0.2, 0) is 18.2 Å². The molecule has 1 aliphatic heterocycles. The van der Waals surface area contributed by atoms with Crippen LogP contribution >= 0.6 is 11.6 Å². The molecule has 0 spiro atoms. The Bertz CT molecular complexity index is 484. The van der Waals surface area contributed by atoms with Gasteiger partial charge < -0.3 is 10.1 Å². The number of nitrogens with zero attached hydrogens (tertiary/aromatic N) is 2. The summed E-state index contributed by atoms with van der Waals surface area (Å²) in [4.78, 5) is 0. The van der Waals surface area contributed by atoms with E-state index in [1.807, 2.05) is 14.0 Å². The first-order valence-corrected chi connectivity index (χ1v) is 8.11. The van der Waals surface area contributed by atoms with Crippen molar-refractivity contribution in [1.82, 2.24) is 15.1 Å². The number of rotatable bonds is 4. The Kier molecular flexibility index (Phi) is 5.01.